The molecular weight excluding hydrogens is 245 g/mol. The van der Waals surface area contributed by atoms with Gasteiger partial charge in [-0.3, -0.25) is 9.69 Å². The molecule has 1 aromatic carbocycles. The predicted molar refractivity (Wildman–Crippen MR) is 73.7 cm³/mol. The molecule has 0 aliphatic carbocycles. The van der Waals surface area contributed by atoms with Crippen molar-refractivity contribution >= 4 is 11.6 Å². The Labute approximate surface area is 113 Å². The number of nitrogens with zero attached hydrogens (tertiary/aromatic N) is 1. The van der Waals surface area contributed by atoms with E-state index >= 15 is 0 Å². The molecule has 0 unspecified atom stereocenters. The van der Waals surface area contributed by atoms with E-state index in [0.717, 1.165) is 25.2 Å². The number of hydrogen-bond acceptors (Lipinski definition) is 3. The van der Waals surface area contributed by atoms with Gasteiger partial charge in [-0.05, 0) is 31.5 Å². The second-order valence-corrected chi connectivity index (χ2v) is 5.06. The largest absolute Gasteiger partial charge is 0.322 e. The van der Waals surface area contributed by atoms with Crippen molar-refractivity contribution in [2.24, 2.45) is 0 Å². The Morgan fingerprint density at radius 1 is 1.58 bits per heavy atom. The molecule has 1 heterocycles. The zero-order valence-electron chi connectivity index (χ0n) is 11.4. The van der Waals surface area contributed by atoms with Gasteiger partial charge in [-0.25, -0.2) is 4.39 Å². The Hall–Kier alpha value is -1.46. The van der Waals surface area contributed by atoms with Crippen LogP contribution in [-0.4, -0.2) is 43.0 Å². The number of halogens is 1. The van der Waals surface area contributed by atoms with E-state index in [1.165, 1.54) is 6.07 Å². The molecule has 1 aromatic rings. The maximum atomic E-state index is 13.6. The van der Waals surface area contributed by atoms with Crippen LogP contribution in [0.15, 0.2) is 18.2 Å². The smallest absolute Gasteiger partial charge is 0.238 e. The van der Waals surface area contributed by atoms with Crippen molar-refractivity contribution in [3.8, 4) is 0 Å². The number of piperazine rings is 1. The van der Waals surface area contributed by atoms with Crippen LogP contribution in [-0.2, 0) is 4.79 Å². The summed E-state index contributed by atoms with van der Waals surface area (Å²) in [6.45, 7) is 6.80. The minimum absolute atomic E-state index is 0.170. The maximum absolute atomic E-state index is 13.6. The minimum Gasteiger partial charge on any atom is -0.322 e. The van der Waals surface area contributed by atoms with Crippen LogP contribution in [0.3, 0.4) is 0 Å². The predicted octanol–water partition coefficient (Wildman–Crippen LogP) is 1.37. The molecule has 2 rings (SSSR count). The third-order valence-corrected chi connectivity index (χ3v) is 3.38. The molecule has 1 atom stereocenters. The Balaban J connectivity index is 1.93. The molecule has 0 radical (unpaired) electrons. The molecule has 0 spiro atoms. The van der Waals surface area contributed by atoms with Crippen molar-refractivity contribution in [2.45, 2.75) is 19.9 Å². The van der Waals surface area contributed by atoms with Gasteiger partial charge in [0.05, 0.1) is 12.2 Å². The lowest BCUT2D eigenvalue weighted by Crippen LogP contribution is -2.52. The Bertz CT molecular complexity index is 464. The number of nitrogens with one attached hydrogen (secondary N) is 2. The highest BCUT2D eigenvalue weighted by Crippen LogP contribution is 2.15. The summed E-state index contributed by atoms with van der Waals surface area (Å²) in [6.07, 6.45) is 0. The van der Waals surface area contributed by atoms with Gasteiger partial charge < -0.3 is 10.6 Å². The van der Waals surface area contributed by atoms with Gasteiger partial charge in [0.2, 0.25) is 5.91 Å². The third kappa shape index (κ3) is 3.75. The monoisotopic (exact) mass is 265 g/mol. The topological polar surface area (TPSA) is 44.4 Å². The molecule has 5 heteroatoms. The molecule has 0 bridgehead atoms. The van der Waals surface area contributed by atoms with E-state index in [0.29, 0.717) is 12.6 Å². The van der Waals surface area contributed by atoms with Crippen LogP contribution in [0.4, 0.5) is 10.1 Å². The fourth-order valence-corrected chi connectivity index (χ4v) is 2.21. The molecule has 1 aliphatic rings. The molecule has 4 nitrogen and oxygen atoms in total. The summed E-state index contributed by atoms with van der Waals surface area (Å²) < 4.78 is 13.6. The van der Waals surface area contributed by atoms with E-state index in [1.807, 2.05) is 6.92 Å². The summed E-state index contributed by atoms with van der Waals surface area (Å²) in [6, 6.07) is 5.13. The lowest BCUT2D eigenvalue weighted by molar-refractivity contribution is -0.118. The van der Waals surface area contributed by atoms with Crippen LogP contribution in [0.2, 0.25) is 0 Å². The normalized spacial score (nSPS) is 20.3. The zero-order chi connectivity index (χ0) is 13.8. The molecule has 0 saturated carbocycles. The van der Waals surface area contributed by atoms with Gasteiger partial charge in [-0.15, -0.1) is 0 Å². The average Bonchev–Trinajstić information content (AvgIpc) is 2.36. The Morgan fingerprint density at radius 3 is 3.05 bits per heavy atom. The van der Waals surface area contributed by atoms with Crippen molar-refractivity contribution in [2.75, 3.05) is 31.5 Å². The minimum atomic E-state index is -0.387. The van der Waals surface area contributed by atoms with Crippen molar-refractivity contribution in [3.63, 3.8) is 0 Å². The Morgan fingerprint density at radius 2 is 2.37 bits per heavy atom. The van der Waals surface area contributed by atoms with Gasteiger partial charge in [0.25, 0.3) is 0 Å². The lowest BCUT2D eigenvalue weighted by atomic mass is 10.2. The van der Waals surface area contributed by atoms with Crippen LogP contribution in [0.1, 0.15) is 12.5 Å². The molecular formula is C14H20FN3O. The molecule has 19 heavy (non-hydrogen) atoms. The number of amides is 1. The van der Waals surface area contributed by atoms with Gasteiger partial charge in [0.15, 0.2) is 0 Å². The van der Waals surface area contributed by atoms with Crippen LogP contribution in [0.25, 0.3) is 0 Å². The molecule has 1 amide bonds. The maximum Gasteiger partial charge on any atom is 0.238 e. The summed E-state index contributed by atoms with van der Waals surface area (Å²) >= 11 is 0. The SMILES string of the molecule is Cc1ccc(NC(=O)CN2CCNC[C@H]2C)c(F)c1. The first-order valence-corrected chi connectivity index (χ1v) is 6.57. The standard InChI is InChI=1S/C14H20FN3O/c1-10-3-4-13(12(15)7-10)17-14(19)9-18-6-5-16-8-11(18)2/h3-4,7,11,16H,5-6,8-9H2,1-2H3,(H,17,19)/t11-/m1/s1. The van der Waals surface area contributed by atoms with E-state index in [9.17, 15) is 9.18 Å². The lowest BCUT2D eigenvalue weighted by Gasteiger charge is -2.33. The van der Waals surface area contributed by atoms with E-state index in [1.54, 1.807) is 12.1 Å². The van der Waals surface area contributed by atoms with E-state index < -0.39 is 0 Å². The molecule has 0 aromatic heterocycles. The fraction of sp³-hybridized carbons (Fsp3) is 0.500. The van der Waals surface area contributed by atoms with Crippen molar-refractivity contribution in [1.29, 1.82) is 0 Å². The van der Waals surface area contributed by atoms with Crippen LogP contribution >= 0.6 is 0 Å². The highest BCUT2D eigenvalue weighted by atomic mass is 19.1. The fourth-order valence-electron chi connectivity index (χ4n) is 2.21. The number of aryl methyl sites for hydroxylation is 1. The number of hydrogen-bond donors (Lipinski definition) is 2. The molecule has 104 valence electrons. The van der Waals surface area contributed by atoms with E-state index in [2.05, 4.69) is 22.5 Å². The van der Waals surface area contributed by atoms with Crippen LogP contribution < -0.4 is 10.6 Å². The molecule has 2 N–H and O–H groups in total. The molecule has 1 aliphatic heterocycles. The van der Waals surface area contributed by atoms with Gasteiger partial charge in [0, 0.05) is 25.7 Å². The first kappa shape index (κ1) is 14.0. The molecule has 1 saturated heterocycles. The van der Waals surface area contributed by atoms with Gasteiger partial charge in [0.1, 0.15) is 5.82 Å². The summed E-state index contributed by atoms with van der Waals surface area (Å²) in [5, 5.41) is 5.90. The number of rotatable bonds is 3. The van der Waals surface area contributed by atoms with Crippen molar-refractivity contribution in [3.05, 3.63) is 29.6 Å². The summed E-state index contributed by atoms with van der Waals surface area (Å²) in [4.78, 5) is 14.0. The van der Waals surface area contributed by atoms with Crippen LogP contribution in [0.5, 0.6) is 0 Å². The van der Waals surface area contributed by atoms with E-state index in [-0.39, 0.29) is 17.4 Å². The number of carbonyl (C=O) groups excluding carboxylic acids is 1. The summed E-state index contributed by atoms with van der Waals surface area (Å²) in [5.41, 5.74) is 1.09. The summed E-state index contributed by atoms with van der Waals surface area (Å²) in [7, 11) is 0. The van der Waals surface area contributed by atoms with Crippen molar-refractivity contribution < 1.29 is 9.18 Å². The molecule has 1 fully saturated rings. The van der Waals surface area contributed by atoms with E-state index in [4.69, 9.17) is 0 Å². The average molecular weight is 265 g/mol. The first-order valence-electron chi connectivity index (χ1n) is 6.57. The first-order chi connectivity index (χ1) is 9.06. The highest BCUT2D eigenvalue weighted by Gasteiger charge is 2.20. The number of carbonyl (C=O) groups is 1. The van der Waals surface area contributed by atoms with Gasteiger partial charge in [-0.1, -0.05) is 6.07 Å². The zero-order valence-corrected chi connectivity index (χ0v) is 11.4. The quantitative estimate of drug-likeness (QED) is 0.867. The van der Waals surface area contributed by atoms with Gasteiger partial charge in [-0.2, -0.15) is 0 Å². The van der Waals surface area contributed by atoms with Crippen molar-refractivity contribution in [1.82, 2.24) is 10.2 Å². The second kappa shape index (κ2) is 6.12. The van der Waals surface area contributed by atoms with Gasteiger partial charge >= 0.3 is 0 Å². The second-order valence-electron chi connectivity index (χ2n) is 5.06. The third-order valence-electron chi connectivity index (χ3n) is 3.38. The summed E-state index contributed by atoms with van der Waals surface area (Å²) in [5.74, 6) is -0.557. The Kier molecular flexibility index (Phi) is 4.50. The number of anilines is 1. The highest BCUT2D eigenvalue weighted by molar-refractivity contribution is 5.92. The number of benzene rings is 1. The van der Waals surface area contributed by atoms with Crippen LogP contribution in [0, 0.1) is 12.7 Å².